The molecule has 3 rings (SSSR count). The van der Waals surface area contributed by atoms with Crippen LogP contribution in [0.5, 0.6) is 17.4 Å². The van der Waals surface area contributed by atoms with Crippen LogP contribution in [0.15, 0.2) is 77.9 Å². The van der Waals surface area contributed by atoms with E-state index in [1.165, 1.54) is 0 Å². The normalized spacial score (nSPS) is 11.0. The number of para-hydroxylation sites is 1. The molecule has 0 aliphatic carbocycles. The maximum Gasteiger partial charge on any atom is 0.213 e. The van der Waals surface area contributed by atoms with Gasteiger partial charge >= 0.3 is 0 Å². The number of hydrogen-bond donors (Lipinski definition) is 2. The van der Waals surface area contributed by atoms with E-state index in [0.717, 1.165) is 22.7 Å². The Kier molecular flexibility index (Phi) is 7.28. The van der Waals surface area contributed by atoms with Crippen LogP contribution in [0.2, 0.25) is 0 Å². The molecule has 7 heteroatoms. The van der Waals surface area contributed by atoms with Gasteiger partial charge in [0.15, 0.2) is 5.96 Å². The highest BCUT2D eigenvalue weighted by atomic mass is 16.5. The quantitative estimate of drug-likeness (QED) is 0.329. The summed E-state index contributed by atoms with van der Waals surface area (Å²) in [4.78, 5) is 8.60. The number of anilines is 1. The summed E-state index contributed by atoms with van der Waals surface area (Å²) >= 11 is 0. The van der Waals surface area contributed by atoms with Crippen LogP contribution in [0.3, 0.4) is 0 Å². The van der Waals surface area contributed by atoms with Crippen LogP contribution in [-0.4, -0.2) is 31.3 Å². The Hall–Kier alpha value is -3.74. The molecule has 0 bridgehead atoms. The lowest BCUT2D eigenvalue weighted by atomic mass is 10.3. The van der Waals surface area contributed by atoms with E-state index in [-0.39, 0.29) is 0 Å². The summed E-state index contributed by atoms with van der Waals surface area (Å²) in [6, 6.07) is 20.8. The molecule has 0 aliphatic rings. The Morgan fingerprint density at radius 3 is 2.38 bits per heavy atom. The molecule has 150 valence electrons. The predicted octanol–water partition coefficient (Wildman–Crippen LogP) is 3.47. The SMILES string of the molecule is COc1ccc(NC(N)=NCc2ccc(OCCOc3ccccc3)nc2)cc1. The number of methoxy groups -OCH3 is 1. The highest BCUT2D eigenvalue weighted by Gasteiger charge is 2.00. The number of nitrogens with two attached hydrogens (primary N) is 1. The van der Waals surface area contributed by atoms with Crippen LogP contribution in [0.25, 0.3) is 0 Å². The van der Waals surface area contributed by atoms with Crippen molar-refractivity contribution in [3.05, 3.63) is 78.5 Å². The van der Waals surface area contributed by atoms with Crippen LogP contribution >= 0.6 is 0 Å². The largest absolute Gasteiger partial charge is 0.497 e. The molecule has 1 heterocycles. The van der Waals surface area contributed by atoms with Gasteiger partial charge in [0.2, 0.25) is 5.88 Å². The molecule has 1 aromatic heterocycles. The van der Waals surface area contributed by atoms with Crippen molar-refractivity contribution in [3.63, 3.8) is 0 Å². The first-order valence-electron chi connectivity index (χ1n) is 9.19. The zero-order valence-corrected chi connectivity index (χ0v) is 16.2. The van der Waals surface area contributed by atoms with E-state index in [4.69, 9.17) is 19.9 Å². The second-order valence-corrected chi connectivity index (χ2v) is 6.07. The van der Waals surface area contributed by atoms with Crippen molar-refractivity contribution in [2.45, 2.75) is 6.54 Å². The van der Waals surface area contributed by atoms with E-state index < -0.39 is 0 Å². The minimum absolute atomic E-state index is 0.327. The first kappa shape index (κ1) is 20.0. The minimum Gasteiger partial charge on any atom is -0.497 e. The Morgan fingerprint density at radius 1 is 0.931 bits per heavy atom. The van der Waals surface area contributed by atoms with Gasteiger partial charge in [-0.25, -0.2) is 9.98 Å². The number of nitrogens with zero attached hydrogens (tertiary/aromatic N) is 2. The molecule has 0 saturated carbocycles. The molecule has 3 aromatic rings. The monoisotopic (exact) mass is 392 g/mol. The lowest BCUT2D eigenvalue weighted by molar-refractivity contribution is 0.212. The smallest absolute Gasteiger partial charge is 0.213 e. The number of benzene rings is 2. The first-order valence-corrected chi connectivity index (χ1v) is 9.19. The van der Waals surface area contributed by atoms with Crippen molar-refractivity contribution >= 4 is 11.6 Å². The highest BCUT2D eigenvalue weighted by molar-refractivity contribution is 5.92. The van der Waals surface area contributed by atoms with Crippen LogP contribution in [0.4, 0.5) is 5.69 Å². The number of ether oxygens (including phenoxy) is 3. The molecule has 29 heavy (non-hydrogen) atoms. The van der Waals surface area contributed by atoms with Crippen LogP contribution in [0, 0.1) is 0 Å². The van der Waals surface area contributed by atoms with Crippen LogP contribution in [-0.2, 0) is 6.54 Å². The molecular weight excluding hydrogens is 368 g/mol. The van der Waals surface area contributed by atoms with Crippen LogP contribution < -0.4 is 25.3 Å². The molecule has 3 N–H and O–H groups in total. The standard InChI is InChI=1S/C22H24N4O3/c1-27-19-10-8-18(9-11-19)26-22(23)25-16-17-7-12-21(24-15-17)29-14-13-28-20-5-3-2-4-6-20/h2-12,15H,13-14,16H2,1H3,(H3,23,25,26). The summed E-state index contributed by atoms with van der Waals surface area (Å²) < 4.78 is 16.3. The number of guanidine groups is 1. The Balaban J connectivity index is 1.41. The number of nitrogens with one attached hydrogen (secondary N) is 1. The molecule has 0 fully saturated rings. The third kappa shape index (κ3) is 6.73. The highest BCUT2D eigenvalue weighted by Crippen LogP contribution is 2.15. The summed E-state index contributed by atoms with van der Waals surface area (Å²) in [6.07, 6.45) is 1.72. The molecule has 0 amide bonds. The lowest BCUT2D eigenvalue weighted by Crippen LogP contribution is -2.22. The van der Waals surface area contributed by atoms with Crippen molar-refractivity contribution in [1.82, 2.24) is 4.98 Å². The van der Waals surface area contributed by atoms with E-state index in [9.17, 15) is 0 Å². The van der Waals surface area contributed by atoms with Gasteiger partial charge in [-0.15, -0.1) is 0 Å². The first-order chi connectivity index (χ1) is 14.2. The van der Waals surface area contributed by atoms with E-state index in [0.29, 0.717) is 31.6 Å². The Bertz CT molecular complexity index is 898. The van der Waals surface area contributed by atoms with Gasteiger partial charge in [-0.05, 0) is 42.0 Å². The molecule has 7 nitrogen and oxygen atoms in total. The topological polar surface area (TPSA) is 91.0 Å². The molecule has 0 aliphatic heterocycles. The summed E-state index contributed by atoms with van der Waals surface area (Å²) in [5, 5.41) is 3.04. The number of aliphatic imine (C=N–C) groups is 1. The van der Waals surface area contributed by atoms with Gasteiger partial charge in [-0.2, -0.15) is 0 Å². The third-order valence-corrected chi connectivity index (χ3v) is 3.94. The maximum absolute atomic E-state index is 5.93. The zero-order chi connectivity index (χ0) is 20.3. The summed E-state index contributed by atoms with van der Waals surface area (Å²) in [6.45, 7) is 1.28. The molecule has 0 atom stereocenters. The Labute approximate surface area is 170 Å². The predicted molar refractivity (Wildman–Crippen MR) is 114 cm³/mol. The zero-order valence-electron chi connectivity index (χ0n) is 16.2. The molecule has 0 spiro atoms. The number of rotatable bonds is 9. The van der Waals surface area contributed by atoms with Gasteiger partial charge in [-0.1, -0.05) is 24.3 Å². The summed E-state index contributed by atoms with van der Waals surface area (Å²) in [7, 11) is 1.63. The average molecular weight is 392 g/mol. The third-order valence-electron chi connectivity index (χ3n) is 3.94. The summed E-state index contributed by atoms with van der Waals surface area (Å²) in [5.41, 5.74) is 7.70. The number of aromatic nitrogens is 1. The minimum atomic E-state index is 0.327. The maximum atomic E-state index is 5.93. The van der Waals surface area contributed by atoms with Crippen molar-refractivity contribution in [3.8, 4) is 17.4 Å². The average Bonchev–Trinajstić information content (AvgIpc) is 2.77. The van der Waals surface area contributed by atoms with Gasteiger partial charge < -0.3 is 25.3 Å². The van der Waals surface area contributed by atoms with Gasteiger partial charge in [0.1, 0.15) is 24.7 Å². The van der Waals surface area contributed by atoms with Crippen LogP contribution in [0.1, 0.15) is 5.56 Å². The van der Waals surface area contributed by atoms with E-state index in [1.807, 2.05) is 60.7 Å². The lowest BCUT2D eigenvalue weighted by Gasteiger charge is -2.08. The molecule has 0 unspecified atom stereocenters. The van der Waals surface area contributed by atoms with E-state index in [1.54, 1.807) is 19.4 Å². The molecule has 0 saturated heterocycles. The second-order valence-electron chi connectivity index (χ2n) is 6.07. The summed E-state index contributed by atoms with van der Waals surface area (Å²) in [5.74, 6) is 2.47. The fourth-order valence-electron chi connectivity index (χ4n) is 2.45. The molecule has 2 aromatic carbocycles. The van der Waals surface area contributed by atoms with Crippen molar-refractivity contribution in [1.29, 1.82) is 0 Å². The fourth-order valence-corrected chi connectivity index (χ4v) is 2.45. The number of hydrogen-bond acceptors (Lipinski definition) is 5. The number of pyridine rings is 1. The van der Waals surface area contributed by atoms with Gasteiger partial charge in [0, 0.05) is 18.0 Å². The van der Waals surface area contributed by atoms with Gasteiger partial charge in [0.25, 0.3) is 0 Å². The fraction of sp³-hybridized carbons (Fsp3) is 0.182. The van der Waals surface area contributed by atoms with E-state index >= 15 is 0 Å². The van der Waals surface area contributed by atoms with E-state index in [2.05, 4.69) is 15.3 Å². The molecular formula is C22H24N4O3. The van der Waals surface area contributed by atoms with Gasteiger partial charge in [0.05, 0.1) is 13.7 Å². The molecule has 0 radical (unpaired) electrons. The van der Waals surface area contributed by atoms with Crippen molar-refractivity contribution in [2.75, 3.05) is 25.6 Å². The Morgan fingerprint density at radius 2 is 1.69 bits per heavy atom. The van der Waals surface area contributed by atoms with Crippen molar-refractivity contribution in [2.24, 2.45) is 10.7 Å². The van der Waals surface area contributed by atoms with Crippen molar-refractivity contribution < 1.29 is 14.2 Å². The van der Waals surface area contributed by atoms with Gasteiger partial charge in [-0.3, -0.25) is 0 Å². The second kappa shape index (κ2) is 10.6.